The van der Waals surface area contributed by atoms with Crippen LogP contribution in [0.5, 0.6) is 0 Å². The fourth-order valence-electron chi connectivity index (χ4n) is 2.46. The number of carbonyl (C=O) groups excluding carboxylic acids is 1. The van der Waals surface area contributed by atoms with E-state index in [9.17, 15) is 14.3 Å². The van der Waals surface area contributed by atoms with Crippen molar-refractivity contribution in [2.75, 3.05) is 6.54 Å². The Morgan fingerprint density at radius 1 is 1.24 bits per heavy atom. The summed E-state index contributed by atoms with van der Waals surface area (Å²) in [5.41, 5.74) is 1.22. The van der Waals surface area contributed by atoms with Gasteiger partial charge >= 0.3 is 6.03 Å². The lowest BCUT2D eigenvalue weighted by Gasteiger charge is -2.16. The summed E-state index contributed by atoms with van der Waals surface area (Å²) in [5.74, 6) is 0.223. The number of rotatable bonds is 5. The van der Waals surface area contributed by atoms with Gasteiger partial charge in [0.1, 0.15) is 5.82 Å². The molecule has 2 amide bonds. The molecule has 0 spiro atoms. The maximum atomic E-state index is 12.9. The molecule has 2 atom stereocenters. The molecule has 2 aromatic heterocycles. The Hall–Kier alpha value is -3.00. The topological polar surface area (TPSA) is 91.5 Å². The molecule has 2 unspecified atom stereocenters. The molecule has 0 fully saturated rings. The number of pyridine rings is 1. The summed E-state index contributed by atoms with van der Waals surface area (Å²) >= 11 is 0. The minimum Gasteiger partial charge on any atom is -0.387 e. The van der Waals surface area contributed by atoms with Crippen LogP contribution in [-0.2, 0) is 0 Å². The first-order valence-corrected chi connectivity index (χ1v) is 7.82. The van der Waals surface area contributed by atoms with Crippen LogP contribution in [0.4, 0.5) is 9.18 Å². The van der Waals surface area contributed by atoms with Crippen molar-refractivity contribution in [1.29, 1.82) is 0 Å². The molecule has 7 nitrogen and oxygen atoms in total. The molecular weight excluding hydrogens is 325 g/mol. The Labute approximate surface area is 143 Å². The zero-order valence-electron chi connectivity index (χ0n) is 13.6. The molecule has 3 aromatic rings. The molecule has 8 heteroatoms. The number of aliphatic hydroxyl groups is 1. The summed E-state index contributed by atoms with van der Waals surface area (Å²) in [6, 6.07) is 10.2. The molecule has 3 rings (SSSR count). The second kappa shape index (κ2) is 7.27. The number of aliphatic hydroxyl groups excluding tert-OH is 1. The van der Waals surface area contributed by atoms with Crippen LogP contribution in [0.25, 0.3) is 5.65 Å². The van der Waals surface area contributed by atoms with Gasteiger partial charge in [0.05, 0.1) is 12.1 Å². The van der Waals surface area contributed by atoms with Crippen LogP contribution in [0.1, 0.15) is 30.5 Å². The Morgan fingerprint density at radius 2 is 2.00 bits per heavy atom. The number of urea groups is 1. The summed E-state index contributed by atoms with van der Waals surface area (Å²) in [6.07, 6.45) is 0.898. The third-order valence-corrected chi connectivity index (χ3v) is 3.79. The van der Waals surface area contributed by atoms with Crippen molar-refractivity contribution in [3.8, 4) is 0 Å². The molecule has 0 aliphatic carbocycles. The minimum absolute atomic E-state index is 0.00473. The fraction of sp³-hybridized carbons (Fsp3) is 0.235. The van der Waals surface area contributed by atoms with E-state index in [0.29, 0.717) is 17.0 Å². The number of amides is 2. The van der Waals surface area contributed by atoms with Crippen LogP contribution in [0.3, 0.4) is 0 Å². The van der Waals surface area contributed by atoms with Gasteiger partial charge in [-0.2, -0.15) is 0 Å². The molecular formula is C17H18FN5O2. The highest BCUT2D eigenvalue weighted by molar-refractivity contribution is 5.74. The highest BCUT2D eigenvalue weighted by atomic mass is 19.1. The molecule has 1 aromatic carbocycles. The molecule has 2 heterocycles. The van der Waals surface area contributed by atoms with E-state index in [1.165, 1.54) is 24.3 Å². The Kier molecular flexibility index (Phi) is 4.90. The van der Waals surface area contributed by atoms with Gasteiger partial charge in [0.25, 0.3) is 0 Å². The number of aromatic nitrogens is 3. The van der Waals surface area contributed by atoms with Crippen molar-refractivity contribution in [2.45, 2.75) is 19.1 Å². The van der Waals surface area contributed by atoms with Crippen molar-refractivity contribution in [3.63, 3.8) is 0 Å². The van der Waals surface area contributed by atoms with Gasteiger partial charge in [-0.25, -0.2) is 9.18 Å². The van der Waals surface area contributed by atoms with Crippen LogP contribution < -0.4 is 10.6 Å². The van der Waals surface area contributed by atoms with Crippen LogP contribution in [0, 0.1) is 5.82 Å². The van der Waals surface area contributed by atoms with Crippen molar-refractivity contribution in [3.05, 3.63) is 65.9 Å². The van der Waals surface area contributed by atoms with E-state index in [2.05, 4.69) is 20.8 Å². The van der Waals surface area contributed by atoms with Gasteiger partial charge in [0.2, 0.25) is 0 Å². The Morgan fingerprint density at radius 3 is 2.76 bits per heavy atom. The summed E-state index contributed by atoms with van der Waals surface area (Å²) in [6.45, 7) is 1.80. The normalized spacial score (nSPS) is 13.4. The molecule has 0 aliphatic rings. The zero-order valence-corrected chi connectivity index (χ0v) is 13.6. The monoisotopic (exact) mass is 343 g/mol. The van der Waals surface area contributed by atoms with Gasteiger partial charge in [-0.3, -0.25) is 4.40 Å². The molecule has 25 heavy (non-hydrogen) atoms. The molecule has 0 saturated carbocycles. The number of fused-ring (bicyclic) bond motifs is 1. The molecule has 0 radical (unpaired) electrons. The summed E-state index contributed by atoms with van der Waals surface area (Å²) in [7, 11) is 0. The van der Waals surface area contributed by atoms with E-state index < -0.39 is 12.1 Å². The number of hydrogen-bond donors (Lipinski definition) is 3. The highest BCUT2D eigenvalue weighted by Gasteiger charge is 2.16. The van der Waals surface area contributed by atoms with E-state index in [1.54, 1.807) is 11.3 Å². The lowest BCUT2D eigenvalue weighted by molar-refractivity contribution is 0.172. The lowest BCUT2D eigenvalue weighted by Crippen LogP contribution is -2.39. The summed E-state index contributed by atoms with van der Waals surface area (Å²) in [4.78, 5) is 12.0. The fourth-order valence-corrected chi connectivity index (χ4v) is 2.46. The quantitative estimate of drug-likeness (QED) is 0.660. The molecule has 0 bridgehead atoms. The number of halogens is 1. The second-order valence-electron chi connectivity index (χ2n) is 5.63. The average molecular weight is 343 g/mol. The molecule has 0 saturated heterocycles. The van der Waals surface area contributed by atoms with Crippen LogP contribution >= 0.6 is 0 Å². The standard InChI is InChI=1S/C17H18FN5O2/c1-11(16-22-21-15-4-2-3-9-23(15)16)20-17(25)19-10-14(24)12-5-7-13(18)8-6-12/h2-9,11,14,24H,10H2,1H3,(H2,19,20,25). The number of hydrogen-bond acceptors (Lipinski definition) is 4. The average Bonchev–Trinajstić information content (AvgIpc) is 3.04. The lowest BCUT2D eigenvalue weighted by atomic mass is 10.1. The first kappa shape index (κ1) is 16.8. The first-order valence-electron chi connectivity index (χ1n) is 7.82. The van der Waals surface area contributed by atoms with Crippen LogP contribution in [0.15, 0.2) is 48.7 Å². The van der Waals surface area contributed by atoms with E-state index in [0.717, 1.165) is 0 Å². The van der Waals surface area contributed by atoms with Gasteiger partial charge in [0, 0.05) is 12.7 Å². The molecule has 130 valence electrons. The van der Waals surface area contributed by atoms with Crippen LogP contribution in [0.2, 0.25) is 0 Å². The van der Waals surface area contributed by atoms with Crippen molar-refractivity contribution >= 4 is 11.7 Å². The Bertz CT molecular complexity index is 865. The van der Waals surface area contributed by atoms with Crippen molar-refractivity contribution in [1.82, 2.24) is 25.2 Å². The molecule has 3 N–H and O–H groups in total. The van der Waals surface area contributed by atoms with E-state index in [4.69, 9.17) is 0 Å². The van der Waals surface area contributed by atoms with Gasteiger partial charge in [-0.15, -0.1) is 10.2 Å². The summed E-state index contributed by atoms with van der Waals surface area (Å²) < 4.78 is 14.7. The SMILES string of the molecule is CC(NC(=O)NCC(O)c1ccc(F)cc1)c1nnc2ccccn12. The predicted octanol–water partition coefficient (Wildman–Crippen LogP) is 1.96. The van der Waals surface area contributed by atoms with Crippen molar-refractivity contribution in [2.24, 2.45) is 0 Å². The minimum atomic E-state index is -0.921. The number of benzene rings is 1. The van der Waals surface area contributed by atoms with Gasteiger partial charge < -0.3 is 15.7 Å². The Balaban J connectivity index is 1.56. The first-order chi connectivity index (χ1) is 12.0. The largest absolute Gasteiger partial charge is 0.387 e. The van der Waals surface area contributed by atoms with Gasteiger partial charge in [0.15, 0.2) is 11.5 Å². The van der Waals surface area contributed by atoms with Crippen LogP contribution in [-0.4, -0.2) is 32.3 Å². The van der Waals surface area contributed by atoms with E-state index in [-0.39, 0.29) is 18.4 Å². The van der Waals surface area contributed by atoms with E-state index >= 15 is 0 Å². The molecule has 0 aliphatic heterocycles. The summed E-state index contributed by atoms with van der Waals surface area (Å²) in [5, 5.41) is 23.5. The predicted molar refractivity (Wildman–Crippen MR) is 89.3 cm³/mol. The smallest absolute Gasteiger partial charge is 0.315 e. The zero-order chi connectivity index (χ0) is 17.8. The second-order valence-corrected chi connectivity index (χ2v) is 5.63. The maximum Gasteiger partial charge on any atom is 0.315 e. The maximum absolute atomic E-state index is 12.9. The number of nitrogens with zero attached hydrogens (tertiary/aromatic N) is 3. The van der Waals surface area contributed by atoms with E-state index in [1.807, 2.05) is 24.4 Å². The third-order valence-electron chi connectivity index (χ3n) is 3.79. The third kappa shape index (κ3) is 3.92. The number of nitrogens with one attached hydrogen (secondary N) is 2. The highest BCUT2D eigenvalue weighted by Crippen LogP contribution is 2.13. The van der Waals surface area contributed by atoms with Gasteiger partial charge in [-0.05, 0) is 36.8 Å². The van der Waals surface area contributed by atoms with Gasteiger partial charge in [-0.1, -0.05) is 18.2 Å². The number of carbonyl (C=O) groups is 1. The van der Waals surface area contributed by atoms with Crippen molar-refractivity contribution < 1.29 is 14.3 Å².